The van der Waals surface area contributed by atoms with E-state index in [2.05, 4.69) is 10.5 Å². The van der Waals surface area contributed by atoms with Gasteiger partial charge in [-0.25, -0.2) is 4.39 Å². The topological polar surface area (TPSA) is 42.8 Å². The average Bonchev–Trinajstić information content (AvgIpc) is 2.53. The van der Waals surface area contributed by atoms with Crippen molar-refractivity contribution in [1.29, 1.82) is 0 Å². The zero-order chi connectivity index (χ0) is 15.1. The van der Waals surface area contributed by atoms with E-state index in [0.29, 0.717) is 18.0 Å². The van der Waals surface area contributed by atoms with Crippen molar-refractivity contribution in [1.82, 2.24) is 5.43 Å². The van der Waals surface area contributed by atoms with E-state index < -0.39 is 0 Å². The van der Waals surface area contributed by atoms with E-state index in [0.717, 1.165) is 11.1 Å². The lowest BCUT2D eigenvalue weighted by molar-refractivity contribution is 0.354. The molecule has 0 radical (unpaired) electrons. The van der Waals surface area contributed by atoms with Gasteiger partial charge in [0.25, 0.3) is 0 Å². The molecular weight excluding hydrogens is 271 g/mol. The van der Waals surface area contributed by atoms with Crippen LogP contribution in [0.1, 0.15) is 11.1 Å². The van der Waals surface area contributed by atoms with Gasteiger partial charge in [-0.2, -0.15) is 5.10 Å². The minimum atomic E-state index is -0.259. The summed E-state index contributed by atoms with van der Waals surface area (Å²) in [4.78, 5) is 0. The SMILES string of the molecule is COc1ccc(CN/N=C\c2ccc(F)cc2)cc1OC. The smallest absolute Gasteiger partial charge is 0.161 e. The summed E-state index contributed by atoms with van der Waals surface area (Å²) >= 11 is 0. The number of hydrogen-bond donors (Lipinski definition) is 1. The van der Waals surface area contributed by atoms with Crippen LogP contribution in [0.2, 0.25) is 0 Å². The molecule has 0 aromatic heterocycles. The molecule has 0 heterocycles. The van der Waals surface area contributed by atoms with E-state index in [-0.39, 0.29) is 5.82 Å². The quantitative estimate of drug-likeness (QED) is 0.656. The van der Waals surface area contributed by atoms with Gasteiger partial charge in [0.2, 0.25) is 0 Å². The van der Waals surface area contributed by atoms with Crippen LogP contribution in [-0.2, 0) is 6.54 Å². The molecule has 21 heavy (non-hydrogen) atoms. The van der Waals surface area contributed by atoms with Crippen LogP contribution in [0.4, 0.5) is 4.39 Å². The predicted octanol–water partition coefficient (Wildman–Crippen LogP) is 2.97. The van der Waals surface area contributed by atoms with Gasteiger partial charge in [0.05, 0.1) is 27.0 Å². The van der Waals surface area contributed by atoms with Gasteiger partial charge in [-0.15, -0.1) is 0 Å². The molecule has 0 saturated heterocycles. The molecule has 0 spiro atoms. The second-order valence-corrected chi connectivity index (χ2v) is 4.33. The summed E-state index contributed by atoms with van der Waals surface area (Å²) in [6.45, 7) is 0.554. The Bertz CT molecular complexity index is 612. The molecule has 2 rings (SSSR count). The molecule has 1 N–H and O–H groups in total. The van der Waals surface area contributed by atoms with Crippen molar-refractivity contribution in [3.8, 4) is 11.5 Å². The maximum atomic E-state index is 12.7. The third-order valence-corrected chi connectivity index (χ3v) is 2.91. The monoisotopic (exact) mass is 288 g/mol. The number of hydrogen-bond acceptors (Lipinski definition) is 4. The fourth-order valence-corrected chi connectivity index (χ4v) is 1.80. The summed E-state index contributed by atoms with van der Waals surface area (Å²) < 4.78 is 23.2. The molecule has 0 aliphatic rings. The van der Waals surface area contributed by atoms with Crippen LogP contribution < -0.4 is 14.9 Å². The van der Waals surface area contributed by atoms with E-state index in [1.54, 1.807) is 32.6 Å². The second-order valence-electron chi connectivity index (χ2n) is 4.33. The van der Waals surface area contributed by atoms with Crippen LogP contribution >= 0.6 is 0 Å². The van der Waals surface area contributed by atoms with Gasteiger partial charge < -0.3 is 14.9 Å². The standard InChI is InChI=1S/C16H17FN2O2/c1-20-15-8-5-13(9-16(15)21-2)11-19-18-10-12-3-6-14(17)7-4-12/h3-10,19H,11H2,1-2H3/b18-10-. The summed E-state index contributed by atoms with van der Waals surface area (Å²) in [6.07, 6.45) is 1.64. The van der Waals surface area contributed by atoms with Crippen LogP contribution in [-0.4, -0.2) is 20.4 Å². The number of benzene rings is 2. The van der Waals surface area contributed by atoms with Gasteiger partial charge in [-0.1, -0.05) is 18.2 Å². The summed E-state index contributed by atoms with van der Waals surface area (Å²) in [5.41, 5.74) is 4.78. The lowest BCUT2D eigenvalue weighted by Gasteiger charge is -2.09. The molecule has 2 aromatic carbocycles. The van der Waals surface area contributed by atoms with E-state index in [4.69, 9.17) is 9.47 Å². The Kier molecular flexibility index (Phi) is 5.15. The van der Waals surface area contributed by atoms with Gasteiger partial charge >= 0.3 is 0 Å². The maximum Gasteiger partial charge on any atom is 0.161 e. The fourth-order valence-electron chi connectivity index (χ4n) is 1.80. The van der Waals surface area contributed by atoms with Crippen LogP contribution in [0.25, 0.3) is 0 Å². The van der Waals surface area contributed by atoms with Crippen LogP contribution in [0, 0.1) is 5.82 Å². The Morgan fingerprint density at radius 3 is 2.43 bits per heavy atom. The van der Waals surface area contributed by atoms with E-state index in [1.807, 2.05) is 18.2 Å². The largest absolute Gasteiger partial charge is 0.493 e. The fraction of sp³-hybridized carbons (Fsp3) is 0.188. The van der Waals surface area contributed by atoms with Crippen molar-refractivity contribution in [3.05, 3.63) is 59.4 Å². The van der Waals surface area contributed by atoms with Crippen molar-refractivity contribution in [2.75, 3.05) is 14.2 Å². The zero-order valence-electron chi connectivity index (χ0n) is 12.0. The molecule has 4 nitrogen and oxygen atoms in total. The first-order chi connectivity index (χ1) is 10.2. The highest BCUT2D eigenvalue weighted by molar-refractivity contribution is 5.79. The van der Waals surface area contributed by atoms with E-state index >= 15 is 0 Å². The third-order valence-electron chi connectivity index (χ3n) is 2.91. The number of rotatable bonds is 6. The van der Waals surface area contributed by atoms with Crippen LogP contribution in [0.15, 0.2) is 47.6 Å². The minimum Gasteiger partial charge on any atom is -0.493 e. The van der Waals surface area contributed by atoms with Crippen molar-refractivity contribution >= 4 is 6.21 Å². The summed E-state index contributed by atoms with van der Waals surface area (Å²) in [7, 11) is 3.20. The summed E-state index contributed by atoms with van der Waals surface area (Å²) in [5, 5.41) is 4.10. The first-order valence-corrected chi connectivity index (χ1v) is 6.45. The molecule has 0 unspecified atom stereocenters. The van der Waals surface area contributed by atoms with E-state index in [1.165, 1.54) is 12.1 Å². The molecule has 0 aliphatic carbocycles. The normalized spacial score (nSPS) is 10.6. The molecule has 0 saturated carbocycles. The van der Waals surface area contributed by atoms with Crippen molar-refractivity contribution in [2.24, 2.45) is 5.10 Å². The van der Waals surface area contributed by atoms with Crippen molar-refractivity contribution < 1.29 is 13.9 Å². The minimum absolute atomic E-state index is 0.259. The van der Waals surface area contributed by atoms with Gasteiger partial charge in [-0.3, -0.25) is 0 Å². The summed E-state index contributed by atoms with van der Waals surface area (Å²) in [6, 6.07) is 11.8. The number of methoxy groups -OCH3 is 2. The Balaban J connectivity index is 1.92. The van der Waals surface area contributed by atoms with Crippen LogP contribution in [0.5, 0.6) is 11.5 Å². The predicted molar refractivity (Wildman–Crippen MR) is 80.4 cm³/mol. The van der Waals surface area contributed by atoms with Crippen molar-refractivity contribution in [3.63, 3.8) is 0 Å². The third kappa shape index (κ3) is 4.21. The number of halogens is 1. The number of ether oxygens (including phenoxy) is 2. The molecule has 0 amide bonds. The Morgan fingerprint density at radius 1 is 1.05 bits per heavy atom. The lowest BCUT2D eigenvalue weighted by atomic mass is 10.2. The Morgan fingerprint density at radius 2 is 1.76 bits per heavy atom. The number of hydrazone groups is 1. The molecule has 2 aromatic rings. The Hall–Kier alpha value is -2.56. The van der Waals surface area contributed by atoms with Crippen LogP contribution in [0.3, 0.4) is 0 Å². The van der Waals surface area contributed by atoms with Gasteiger partial charge in [0.15, 0.2) is 11.5 Å². The van der Waals surface area contributed by atoms with Crippen molar-refractivity contribution in [2.45, 2.75) is 6.54 Å². The average molecular weight is 288 g/mol. The van der Waals surface area contributed by atoms with Gasteiger partial charge in [0.1, 0.15) is 5.82 Å². The second kappa shape index (κ2) is 7.28. The lowest BCUT2D eigenvalue weighted by Crippen LogP contribution is -2.06. The molecule has 0 aliphatic heterocycles. The number of nitrogens with zero attached hydrogens (tertiary/aromatic N) is 1. The highest BCUT2D eigenvalue weighted by Crippen LogP contribution is 2.27. The molecule has 110 valence electrons. The first-order valence-electron chi connectivity index (χ1n) is 6.45. The first kappa shape index (κ1) is 14.8. The number of nitrogens with one attached hydrogen (secondary N) is 1. The van der Waals surface area contributed by atoms with Gasteiger partial charge in [-0.05, 0) is 35.4 Å². The van der Waals surface area contributed by atoms with Gasteiger partial charge in [0, 0.05) is 0 Å². The Labute approximate surface area is 123 Å². The molecule has 0 fully saturated rings. The van der Waals surface area contributed by atoms with E-state index in [9.17, 15) is 4.39 Å². The summed E-state index contributed by atoms with van der Waals surface area (Å²) in [5.74, 6) is 1.11. The molecule has 0 atom stereocenters. The maximum absolute atomic E-state index is 12.7. The zero-order valence-corrected chi connectivity index (χ0v) is 12.0. The highest BCUT2D eigenvalue weighted by atomic mass is 19.1. The molecule has 0 bridgehead atoms. The molecular formula is C16H17FN2O2. The highest BCUT2D eigenvalue weighted by Gasteiger charge is 2.03. The molecule has 5 heteroatoms.